The highest BCUT2D eigenvalue weighted by molar-refractivity contribution is 7.88. The monoisotopic (exact) mass is 302 g/mol. The van der Waals surface area contributed by atoms with E-state index < -0.39 is 10.0 Å². The lowest BCUT2D eigenvalue weighted by atomic mass is 10.2. The number of para-hydroxylation sites is 2. The molecule has 0 aliphatic heterocycles. The molecule has 3 aromatic rings. The highest BCUT2D eigenvalue weighted by Gasteiger charge is 2.13. The fourth-order valence-corrected chi connectivity index (χ4v) is 3.09. The molecule has 6 heteroatoms. The van der Waals surface area contributed by atoms with E-state index in [0.29, 0.717) is 11.5 Å². The van der Waals surface area contributed by atoms with E-state index in [-0.39, 0.29) is 12.3 Å². The molecule has 1 heterocycles. The van der Waals surface area contributed by atoms with Crippen LogP contribution in [0.5, 0.6) is 0 Å². The standard InChI is InChI=1S/C15H14N2O3S/c18-21(19,11-12-6-2-1-3-7-12)16-10-15-17-13-8-4-5-9-14(13)20-15/h1-9,16H,10-11H2. The first-order valence-corrected chi connectivity index (χ1v) is 8.13. The van der Waals surface area contributed by atoms with E-state index in [4.69, 9.17) is 4.42 Å². The molecule has 21 heavy (non-hydrogen) atoms. The molecule has 0 unspecified atom stereocenters. The summed E-state index contributed by atoms with van der Waals surface area (Å²) in [6.45, 7) is 0.0455. The zero-order chi connectivity index (χ0) is 14.7. The normalized spacial score (nSPS) is 11.8. The second-order valence-electron chi connectivity index (χ2n) is 4.64. The van der Waals surface area contributed by atoms with Crippen molar-refractivity contribution in [3.8, 4) is 0 Å². The number of hydrogen-bond acceptors (Lipinski definition) is 4. The zero-order valence-corrected chi connectivity index (χ0v) is 12.0. The Kier molecular flexibility index (Phi) is 3.72. The van der Waals surface area contributed by atoms with Crippen LogP contribution < -0.4 is 4.72 Å². The molecule has 0 atom stereocenters. The fourth-order valence-electron chi connectivity index (χ4n) is 2.01. The van der Waals surface area contributed by atoms with Crippen LogP contribution in [-0.2, 0) is 22.3 Å². The summed E-state index contributed by atoms with van der Waals surface area (Å²) in [5.74, 6) is 0.293. The van der Waals surface area contributed by atoms with Gasteiger partial charge in [0.25, 0.3) is 0 Å². The number of oxazole rings is 1. The molecule has 0 saturated carbocycles. The maximum absolute atomic E-state index is 12.0. The second kappa shape index (κ2) is 5.67. The summed E-state index contributed by atoms with van der Waals surface area (Å²) in [5.41, 5.74) is 2.10. The SMILES string of the molecule is O=S(=O)(Cc1ccccc1)NCc1nc2ccccc2o1. The predicted octanol–water partition coefficient (Wildman–Crippen LogP) is 2.45. The molecule has 1 aromatic heterocycles. The summed E-state index contributed by atoms with van der Waals surface area (Å²) in [4.78, 5) is 4.23. The van der Waals surface area contributed by atoms with Gasteiger partial charge in [0.05, 0.1) is 12.3 Å². The summed E-state index contributed by atoms with van der Waals surface area (Å²) in [5, 5.41) is 0. The first kappa shape index (κ1) is 13.8. The van der Waals surface area contributed by atoms with Gasteiger partial charge in [-0.15, -0.1) is 0 Å². The van der Waals surface area contributed by atoms with Crippen LogP contribution in [0.25, 0.3) is 11.1 Å². The number of hydrogen-bond donors (Lipinski definition) is 1. The summed E-state index contributed by atoms with van der Waals surface area (Å²) < 4.78 is 32.0. The van der Waals surface area contributed by atoms with Gasteiger partial charge in [0, 0.05) is 0 Å². The van der Waals surface area contributed by atoms with Gasteiger partial charge in [-0.1, -0.05) is 42.5 Å². The minimum atomic E-state index is -3.42. The van der Waals surface area contributed by atoms with Crippen molar-refractivity contribution < 1.29 is 12.8 Å². The molecular formula is C15H14N2O3S. The Balaban J connectivity index is 1.68. The van der Waals surface area contributed by atoms with Gasteiger partial charge < -0.3 is 4.42 Å². The molecule has 0 aliphatic rings. The van der Waals surface area contributed by atoms with E-state index in [1.165, 1.54) is 0 Å². The van der Waals surface area contributed by atoms with Gasteiger partial charge in [0.2, 0.25) is 15.9 Å². The molecule has 0 spiro atoms. The Morgan fingerprint density at radius 3 is 2.48 bits per heavy atom. The van der Waals surface area contributed by atoms with E-state index in [9.17, 15) is 8.42 Å². The van der Waals surface area contributed by atoms with E-state index in [0.717, 1.165) is 11.1 Å². The molecule has 5 nitrogen and oxygen atoms in total. The van der Waals surface area contributed by atoms with Crippen LogP contribution >= 0.6 is 0 Å². The molecule has 3 rings (SSSR count). The van der Waals surface area contributed by atoms with Crippen LogP contribution in [0, 0.1) is 0 Å². The number of aromatic nitrogens is 1. The van der Waals surface area contributed by atoms with Crippen LogP contribution in [0.4, 0.5) is 0 Å². The van der Waals surface area contributed by atoms with Gasteiger partial charge in [-0.05, 0) is 17.7 Å². The first-order chi connectivity index (χ1) is 10.1. The minimum absolute atomic E-state index is 0.0455. The van der Waals surface area contributed by atoms with Gasteiger partial charge in [-0.2, -0.15) is 0 Å². The number of rotatable bonds is 5. The Morgan fingerprint density at radius 2 is 1.71 bits per heavy atom. The fraction of sp³-hybridized carbons (Fsp3) is 0.133. The summed E-state index contributed by atoms with van der Waals surface area (Å²) >= 11 is 0. The minimum Gasteiger partial charge on any atom is -0.439 e. The number of nitrogens with one attached hydrogen (secondary N) is 1. The van der Waals surface area contributed by atoms with E-state index >= 15 is 0 Å². The molecule has 108 valence electrons. The number of nitrogens with zero attached hydrogens (tertiary/aromatic N) is 1. The van der Waals surface area contributed by atoms with Crippen molar-refractivity contribution in [2.24, 2.45) is 0 Å². The third-order valence-electron chi connectivity index (χ3n) is 2.98. The van der Waals surface area contributed by atoms with Crippen molar-refractivity contribution >= 4 is 21.1 Å². The molecule has 0 saturated heterocycles. The third kappa shape index (κ3) is 3.48. The number of sulfonamides is 1. The van der Waals surface area contributed by atoms with E-state index in [1.54, 1.807) is 18.2 Å². The maximum atomic E-state index is 12.0. The Hall–Kier alpha value is -2.18. The second-order valence-corrected chi connectivity index (χ2v) is 6.45. The Morgan fingerprint density at radius 1 is 1.00 bits per heavy atom. The highest BCUT2D eigenvalue weighted by Crippen LogP contribution is 2.14. The summed E-state index contributed by atoms with van der Waals surface area (Å²) in [7, 11) is -3.42. The number of benzene rings is 2. The van der Waals surface area contributed by atoms with Gasteiger partial charge in [0.15, 0.2) is 5.58 Å². The molecule has 0 radical (unpaired) electrons. The highest BCUT2D eigenvalue weighted by atomic mass is 32.2. The first-order valence-electron chi connectivity index (χ1n) is 6.48. The lowest BCUT2D eigenvalue weighted by molar-refractivity contribution is 0.513. The Bertz CT molecular complexity index is 808. The van der Waals surface area contributed by atoms with Crippen molar-refractivity contribution in [1.29, 1.82) is 0 Å². The lowest BCUT2D eigenvalue weighted by Gasteiger charge is -2.04. The van der Waals surface area contributed by atoms with Gasteiger partial charge in [-0.25, -0.2) is 18.1 Å². The maximum Gasteiger partial charge on any atom is 0.216 e. The van der Waals surface area contributed by atoms with Crippen molar-refractivity contribution in [1.82, 2.24) is 9.71 Å². The average molecular weight is 302 g/mol. The largest absolute Gasteiger partial charge is 0.439 e. The van der Waals surface area contributed by atoms with Crippen LogP contribution in [0.1, 0.15) is 11.5 Å². The summed E-state index contributed by atoms with van der Waals surface area (Å²) in [6, 6.07) is 16.3. The summed E-state index contributed by atoms with van der Waals surface area (Å²) in [6.07, 6.45) is 0. The van der Waals surface area contributed by atoms with Gasteiger partial charge >= 0.3 is 0 Å². The topological polar surface area (TPSA) is 72.2 Å². The molecule has 0 bridgehead atoms. The number of fused-ring (bicyclic) bond motifs is 1. The van der Waals surface area contributed by atoms with Crippen molar-refractivity contribution in [2.45, 2.75) is 12.3 Å². The predicted molar refractivity (Wildman–Crippen MR) is 79.9 cm³/mol. The molecule has 0 fully saturated rings. The van der Waals surface area contributed by atoms with Crippen LogP contribution in [0.2, 0.25) is 0 Å². The van der Waals surface area contributed by atoms with Crippen molar-refractivity contribution in [3.63, 3.8) is 0 Å². The van der Waals surface area contributed by atoms with Crippen LogP contribution in [-0.4, -0.2) is 13.4 Å². The molecule has 0 amide bonds. The van der Waals surface area contributed by atoms with E-state index in [1.807, 2.05) is 36.4 Å². The molecule has 0 aliphatic carbocycles. The molecular weight excluding hydrogens is 288 g/mol. The van der Waals surface area contributed by atoms with Gasteiger partial charge in [0.1, 0.15) is 5.52 Å². The molecule has 2 aromatic carbocycles. The third-order valence-corrected chi connectivity index (χ3v) is 4.28. The van der Waals surface area contributed by atoms with Crippen molar-refractivity contribution in [3.05, 3.63) is 66.1 Å². The van der Waals surface area contributed by atoms with Crippen LogP contribution in [0.3, 0.4) is 0 Å². The van der Waals surface area contributed by atoms with Gasteiger partial charge in [-0.3, -0.25) is 0 Å². The quantitative estimate of drug-likeness (QED) is 0.785. The van der Waals surface area contributed by atoms with Crippen LogP contribution in [0.15, 0.2) is 59.0 Å². The molecule has 1 N–H and O–H groups in total. The average Bonchev–Trinajstić information content (AvgIpc) is 2.89. The van der Waals surface area contributed by atoms with E-state index in [2.05, 4.69) is 9.71 Å². The van der Waals surface area contributed by atoms with Crippen molar-refractivity contribution in [2.75, 3.05) is 0 Å². The smallest absolute Gasteiger partial charge is 0.216 e. The Labute approximate surface area is 122 Å². The lowest BCUT2D eigenvalue weighted by Crippen LogP contribution is -2.24. The zero-order valence-electron chi connectivity index (χ0n) is 11.2.